The Morgan fingerprint density at radius 2 is 1.84 bits per heavy atom. The molecule has 0 aromatic heterocycles. The monoisotopic (exact) mass is 258 g/mol. The van der Waals surface area contributed by atoms with Crippen molar-refractivity contribution < 1.29 is 14.7 Å². The van der Waals surface area contributed by atoms with Crippen molar-refractivity contribution in [3.05, 3.63) is 47.5 Å². The zero-order valence-corrected chi connectivity index (χ0v) is 11.0. The molecule has 0 spiro atoms. The number of carboxylic acids is 1. The number of nitrogens with zero attached hydrogens (tertiary/aromatic N) is 1. The summed E-state index contributed by atoms with van der Waals surface area (Å²) in [4.78, 5) is 24.7. The minimum atomic E-state index is -1.11. The molecular weight excluding hydrogens is 242 g/mol. The second kappa shape index (κ2) is 5.36. The molecule has 0 saturated heterocycles. The van der Waals surface area contributed by atoms with E-state index in [-0.39, 0.29) is 18.2 Å². The van der Waals surface area contributed by atoms with Crippen molar-refractivity contribution in [2.45, 2.75) is 25.4 Å². The van der Waals surface area contributed by atoms with Crippen LogP contribution in [0.15, 0.2) is 36.4 Å². The van der Waals surface area contributed by atoms with Crippen LogP contribution in [0.2, 0.25) is 0 Å². The van der Waals surface area contributed by atoms with E-state index in [0.29, 0.717) is 5.56 Å². The summed E-state index contributed by atoms with van der Waals surface area (Å²) in [6, 6.07) is 6.71. The molecule has 2 unspecified atom stereocenters. The maximum Gasteiger partial charge on any atom is 0.183 e. The third kappa shape index (κ3) is 2.90. The van der Waals surface area contributed by atoms with Crippen molar-refractivity contribution in [2.75, 3.05) is 7.05 Å². The number of Topliss-reactive ketones (excluding diaryl/α,β-unsaturated/α-hetero) is 1. The van der Waals surface area contributed by atoms with Crippen LogP contribution < -0.4 is 5.11 Å². The van der Waals surface area contributed by atoms with Crippen molar-refractivity contribution in [3.8, 4) is 0 Å². The van der Waals surface area contributed by atoms with Gasteiger partial charge in [-0.3, -0.25) is 9.69 Å². The molecule has 1 aliphatic rings. The van der Waals surface area contributed by atoms with Crippen LogP contribution in [0.25, 0.3) is 0 Å². The van der Waals surface area contributed by atoms with Gasteiger partial charge in [-0.05, 0) is 14.0 Å². The molecule has 19 heavy (non-hydrogen) atoms. The SMILES string of the molecule is Cc1ccc(C(=O)C2C=CC(CC(=O)[O-])N2C)cc1. The van der Waals surface area contributed by atoms with Gasteiger partial charge in [0.25, 0.3) is 0 Å². The van der Waals surface area contributed by atoms with E-state index >= 15 is 0 Å². The Morgan fingerprint density at radius 1 is 1.21 bits per heavy atom. The predicted octanol–water partition coefficient (Wildman–Crippen LogP) is 0.557. The van der Waals surface area contributed by atoms with Gasteiger partial charge >= 0.3 is 0 Å². The third-order valence-electron chi connectivity index (χ3n) is 3.46. The molecule has 2 rings (SSSR count). The Bertz CT molecular complexity index is 519. The highest BCUT2D eigenvalue weighted by molar-refractivity contribution is 6.01. The molecule has 100 valence electrons. The molecule has 1 aromatic rings. The van der Waals surface area contributed by atoms with Crippen LogP contribution in [0.5, 0.6) is 0 Å². The van der Waals surface area contributed by atoms with Crippen LogP contribution in [0.3, 0.4) is 0 Å². The molecule has 4 heteroatoms. The summed E-state index contributed by atoms with van der Waals surface area (Å²) in [5.74, 6) is -1.12. The number of carboxylic acid groups (broad SMARTS) is 1. The summed E-state index contributed by atoms with van der Waals surface area (Å²) in [6.07, 6.45) is 3.42. The van der Waals surface area contributed by atoms with Crippen LogP contribution in [-0.4, -0.2) is 35.8 Å². The lowest BCUT2D eigenvalue weighted by molar-refractivity contribution is -0.306. The van der Waals surface area contributed by atoms with Crippen molar-refractivity contribution >= 4 is 11.8 Å². The summed E-state index contributed by atoms with van der Waals surface area (Å²) in [7, 11) is 1.75. The van der Waals surface area contributed by atoms with Gasteiger partial charge in [-0.15, -0.1) is 0 Å². The highest BCUT2D eigenvalue weighted by Crippen LogP contribution is 2.20. The summed E-state index contributed by atoms with van der Waals surface area (Å²) >= 11 is 0. The molecule has 1 aromatic carbocycles. The second-order valence-electron chi connectivity index (χ2n) is 4.87. The minimum absolute atomic E-state index is 0.0143. The predicted molar refractivity (Wildman–Crippen MR) is 69.6 cm³/mol. The largest absolute Gasteiger partial charge is 0.550 e. The van der Waals surface area contributed by atoms with E-state index in [0.717, 1.165) is 5.56 Å². The van der Waals surface area contributed by atoms with E-state index in [1.165, 1.54) is 0 Å². The van der Waals surface area contributed by atoms with Crippen LogP contribution in [0.4, 0.5) is 0 Å². The first kappa shape index (κ1) is 13.5. The van der Waals surface area contributed by atoms with Crippen molar-refractivity contribution in [2.24, 2.45) is 0 Å². The molecule has 1 aliphatic heterocycles. The maximum absolute atomic E-state index is 12.3. The summed E-state index contributed by atoms with van der Waals surface area (Å²) in [6.45, 7) is 1.96. The van der Waals surface area contributed by atoms with Crippen LogP contribution in [0.1, 0.15) is 22.3 Å². The Morgan fingerprint density at radius 3 is 2.42 bits per heavy atom. The normalized spacial score (nSPS) is 22.6. The molecule has 0 N–H and O–H groups in total. The van der Waals surface area contributed by atoms with Gasteiger partial charge in [-0.1, -0.05) is 42.0 Å². The lowest BCUT2D eigenvalue weighted by atomic mass is 10.0. The molecular formula is C15H16NO3-. The Hall–Kier alpha value is -1.94. The summed E-state index contributed by atoms with van der Waals surface area (Å²) in [5.41, 5.74) is 1.74. The van der Waals surface area contributed by atoms with Gasteiger partial charge in [0, 0.05) is 24.0 Å². The smallest absolute Gasteiger partial charge is 0.183 e. The van der Waals surface area contributed by atoms with Crippen molar-refractivity contribution in [1.82, 2.24) is 4.90 Å². The zero-order chi connectivity index (χ0) is 14.0. The number of aryl methyl sites for hydroxylation is 1. The molecule has 4 nitrogen and oxygen atoms in total. The van der Waals surface area contributed by atoms with E-state index < -0.39 is 12.0 Å². The molecule has 0 radical (unpaired) electrons. The average Bonchev–Trinajstić information content (AvgIpc) is 2.70. The molecule has 2 atom stereocenters. The van der Waals surface area contributed by atoms with E-state index in [2.05, 4.69) is 0 Å². The first-order chi connectivity index (χ1) is 8.99. The van der Waals surface area contributed by atoms with Crippen LogP contribution in [-0.2, 0) is 4.79 Å². The number of carbonyl (C=O) groups is 2. The molecule has 0 fully saturated rings. The van der Waals surface area contributed by atoms with E-state index in [9.17, 15) is 14.7 Å². The summed E-state index contributed by atoms with van der Waals surface area (Å²) in [5, 5.41) is 10.6. The Balaban J connectivity index is 2.11. The molecule has 0 aliphatic carbocycles. The Labute approximate surface area is 112 Å². The Kier molecular flexibility index (Phi) is 3.81. The van der Waals surface area contributed by atoms with Crippen molar-refractivity contribution in [3.63, 3.8) is 0 Å². The van der Waals surface area contributed by atoms with Crippen molar-refractivity contribution in [1.29, 1.82) is 0 Å². The molecule has 1 heterocycles. The standard InChI is InChI=1S/C15H17NO3/c1-10-3-5-11(6-4-10)15(19)13-8-7-12(16(13)2)9-14(17)18/h3-8,12-13H,9H2,1-2H3,(H,17,18)/p-1. The van der Waals surface area contributed by atoms with Gasteiger partial charge < -0.3 is 9.90 Å². The summed E-state index contributed by atoms with van der Waals surface area (Å²) < 4.78 is 0. The maximum atomic E-state index is 12.3. The first-order valence-electron chi connectivity index (χ1n) is 6.20. The van der Waals surface area contributed by atoms with E-state index in [1.807, 2.05) is 19.1 Å². The number of hydrogen-bond donors (Lipinski definition) is 0. The number of rotatable bonds is 4. The van der Waals surface area contributed by atoms with Gasteiger partial charge in [0.2, 0.25) is 0 Å². The number of benzene rings is 1. The van der Waals surface area contributed by atoms with E-state index in [1.54, 1.807) is 36.2 Å². The zero-order valence-electron chi connectivity index (χ0n) is 11.0. The average molecular weight is 258 g/mol. The lowest BCUT2D eigenvalue weighted by Crippen LogP contribution is -2.41. The van der Waals surface area contributed by atoms with Gasteiger partial charge in [0.15, 0.2) is 5.78 Å². The van der Waals surface area contributed by atoms with E-state index in [4.69, 9.17) is 0 Å². The number of carbonyl (C=O) groups excluding carboxylic acids is 2. The van der Waals surface area contributed by atoms with Gasteiger partial charge in [0.05, 0.1) is 6.04 Å². The fourth-order valence-corrected chi connectivity index (χ4v) is 2.26. The third-order valence-corrected chi connectivity index (χ3v) is 3.46. The van der Waals surface area contributed by atoms with Crippen LogP contribution >= 0.6 is 0 Å². The lowest BCUT2D eigenvalue weighted by Gasteiger charge is -2.25. The number of ketones is 1. The van der Waals surface area contributed by atoms with Crippen LogP contribution in [0, 0.1) is 6.92 Å². The second-order valence-corrected chi connectivity index (χ2v) is 4.87. The number of hydrogen-bond acceptors (Lipinski definition) is 4. The fraction of sp³-hybridized carbons (Fsp3) is 0.333. The fourth-order valence-electron chi connectivity index (χ4n) is 2.26. The van der Waals surface area contributed by atoms with Gasteiger partial charge in [-0.25, -0.2) is 0 Å². The quantitative estimate of drug-likeness (QED) is 0.585. The molecule has 0 bridgehead atoms. The topological polar surface area (TPSA) is 60.4 Å². The first-order valence-corrected chi connectivity index (χ1v) is 6.20. The molecule has 0 saturated carbocycles. The number of aliphatic carboxylic acids is 1. The minimum Gasteiger partial charge on any atom is -0.550 e. The molecule has 0 amide bonds. The highest BCUT2D eigenvalue weighted by Gasteiger charge is 2.30. The van der Waals surface area contributed by atoms with Gasteiger partial charge in [0.1, 0.15) is 0 Å². The van der Waals surface area contributed by atoms with Gasteiger partial charge in [-0.2, -0.15) is 0 Å². The number of likely N-dealkylation sites (N-methyl/N-ethyl adjacent to an activating group) is 1. The highest BCUT2D eigenvalue weighted by atomic mass is 16.4.